The highest BCUT2D eigenvalue weighted by Gasteiger charge is 2.41. The van der Waals surface area contributed by atoms with Gasteiger partial charge in [0.2, 0.25) is 17.2 Å². The smallest absolute Gasteiger partial charge is 0.269 e. The third kappa shape index (κ3) is 11.4. The second kappa shape index (κ2) is 18.8. The summed E-state index contributed by atoms with van der Waals surface area (Å²) in [6.07, 6.45) is 2.52. The molecule has 0 radical (unpaired) electrons. The van der Waals surface area contributed by atoms with Gasteiger partial charge >= 0.3 is 0 Å². The van der Waals surface area contributed by atoms with E-state index >= 15 is 0 Å². The molecule has 69 heavy (non-hydrogen) atoms. The van der Waals surface area contributed by atoms with Crippen molar-refractivity contribution in [3.05, 3.63) is 117 Å². The van der Waals surface area contributed by atoms with E-state index in [0.717, 1.165) is 16.7 Å². The molecule has 2 amide bonds. The molecule has 0 aliphatic carbocycles. The average Bonchev–Trinajstić information content (AvgIpc) is 3.23. The molecular weight excluding hydrogens is 947 g/mol. The van der Waals surface area contributed by atoms with Gasteiger partial charge in [-0.1, -0.05) is 42.2 Å². The lowest BCUT2D eigenvalue weighted by molar-refractivity contribution is -0.121. The number of ether oxygens (including phenoxy) is 1. The summed E-state index contributed by atoms with van der Waals surface area (Å²) in [5.74, 6) is 4.00. The summed E-state index contributed by atoms with van der Waals surface area (Å²) in [5.41, 5.74) is 3.80. The van der Waals surface area contributed by atoms with Crippen LogP contribution >= 0.6 is 0 Å². The van der Waals surface area contributed by atoms with Crippen LogP contribution in [0.5, 0.6) is 11.5 Å². The number of hydrogen-bond acceptors (Lipinski definition) is 12. The number of carbonyl (C=O) groups excluding carboxylic acids is 2. The summed E-state index contributed by atoms with van der Waals surface area (Å²) < 4.78 is 112. The molecular formula is C49H53N5O12S3. The number of rotatable bonds is 15. The summed E-state index contributed by atoms with van der Waals surface area (Å²) in [6.45, 7) is 8.39. The molecule has 4 heterocycles. The van der Waals surface area contributed by atoms with Crippen LogP contribution in [0.4, 0.5) is 17.1 Å². The minimum atomic E-state index is -4.53. The van der Waals surface area contributed by atoms with Crippen LogP contribution in [0.2, 0.25) is 0 Å². The fourth-order valence-electron chi connectivity index (χ4n) is 9.89. The van der Waals surface area contributed by atoms with Crippen LogP contribution in [-0.4, -0.2) is 98.7 Å². The van der Waals surface area contributed by atoms with Crippen molar-refractivity contribution in [3.8, 4) is 23.3 Å². The standard InChI is InChI=1S/C49H53N5O12S3/c1-48(2)27-35(30-68(60,61)62)37-23-39-44(66-45-26-43-38(24-40(45)51-39)36(31-69(63,64)65)28-49(3,4)54(43)21-10-22-67(57,58)59)25-42(37)53(48)20-9-15-46(55)50-19-18-47(56)52-29-34-13-6-5-11-32(34)16-17-33-12-7-8-14-41(33)52/h5-8,11-14,23-26,28,35H,9-10,15,18-22,27,29-31H2,1-4H3,(H3-,50,55,57,58,59,60,61,62,63,64,65). The van der Waals surface area contributed by atoms with Crippen LogP contribution in [0.15, 0.2) is 83.9 Å². The maximum atomic E-state index is 13.7. The summed E-state index contributed by atoms with van der Waals surface area (Å²) >= 11 is 0. The van der Waals surface area contributed by atoms with Gasteiger partial charge in [0, 0.05) is 86.3 Å². The second-order valence-electron chi connectivity index (χ2n) is 19.0. The fraction of sp³-hybridized carbons (Fsp3) is 0.388. The highest BCUT2D eigenvalue weighted by Crippen LogP contribution is 2.49. The van der Waals surface area contributed by atoms with Gasteiger partial charge in [-0.25, -0.2) is 18.0 Å². The molecule has 4 aromatic carbocycles. The Labute approximate surface area is 401 Å². The number of nitrogens with zero attached hydrogens (tertiary/aromatic N) is 4. The predicted molar refractivity (Wildman–Crippen MR) is 259 cm³/mol. The zero-order valence-electron chi connectivity index (χ0n) is 38.6. The Bertz CT molecular complexity index is 3360. The van der Waals surface area contributed by atoms with Crippen molar-refractivity contribution in [1.29, 1.82) is 0 Å². The van der Waals surface area contributed by atoms with Gasteiger partial charge in [0.05, 0.1) is 39.7 Å². The van der Waals surface area contributed by atoms with Gasteiger partial charge in [-0.2, -0.15) is 16.8 Å². The Morgan fingerprint density at radius 3 is 2.32 bits per heavy atom. The Balaban J connectivity index is 1.03. The number of benzene rings is 4. The van der Waals surface area contributed by atoms with Crippen molar-refractivity contribution in [2.24, 2.45) is 4.99 Å². The van der Waals surface area contributed by atoms with E-state index in [9.17, 15) is 48.5 Å². The van der Waals surface area contributed by atoms with E-state index < -0.39 is 64.6 Å². The van der Waals surface area contributed by atoms with Crippen molar-refractivity contribution in [2.45, 2.75) is 83.3 Å². The first-order valence-electron chi connectivity index (χ1n) is 22.5. The van der Waals surface area contributed by atoms with Crippen molar-refractivity contribution < 1.29 is 53.2 Å². The lowest BCUT2D eigenvalue weighted by Gasteiger charge is -2.48. The van der Waals surface area contributed by atoms with Gasteiger partial charge in [-0.05, 0) is 79.8 Å². The van der Waals surface area contributed by atoms with E-state index in [4.69, 9.17) is 9.73 Å². The molecule has 4 aliphatic rings. The van der Waals surface area contributed by atoms with E-state index in [2.05, 4.69) is 22.1 Å². The molecule has 3 N–H and O–H groups in total. The van der Waals surface area contributed by atoms with Gasteiger partial charge in [0.1, 0.15) is 23.3 Å². The molecule has 0 bridgehead atoms. The first kappa shape index (κ1) is 49.5. The van der Waals surface area contributed by atoms with E-state index in [1.54, 1.807) is 49.1 Å². The van der Waals surface area contributed by atoms with Gasteiger partial charge in [0.15, 0.2) is 17.0 Å². The number of anilines is 2. The normalized spacial score (nSPS) is 17.6. The third-order valence-corrected chi connectivity index (χ3v) is 15.1. The van der Waals surface area contributed by atoms with Crippen molar-refractivity contribution in [2.75, 3.05) is 46.7 Å². The van der Waals surface area contributed by atoms with Crippen LogP contribution < -0.4 is 35.1 Å². The molecule has 1 unspecified atom stereocenters. The number of hydrogen-bond donors (Lipinski definition) is 3. The maximum absolute atomic E-state index is 13.7. The van der Waals surface area contributed by atoms with Gasteiger partial charge in [-0.15, -0.1) is 0 Å². The molecule has 4 aliphatic heterocycles. The molecule has 0 saturated heterocycles. The fourth-order valence-corrected chi connectivity index (χ4v) is 11.8. The second-order valence-corrected chi connectivity index (χ2v) is 23.4. The van der Waals surface area contributed by atoms with Gasteiger partial charge < -0.3 is 24.4 Å². The molecule has 364 valence electrons. The molecule has 0 spiro atoms. The molecule has 0 aromatic heterocycles. The summed E-state index contributed by atoms with van der Waals surface area (Å²) in [7, 11) is -13.5. The number of carbonyl (C=O) groups is 2. The lowest BCUT2D eigenvalue weighted by atomic mass is 9.79. The Kier molecular flexibility index (Phi) is 13.4. The number of fused-ring (bicyclic) bond motifs is 6. The minimum absolute atomic E-state index is 0.0223. The Morgan fingerprint density at radius 2 is 1.59 bits per heavy atom. The van der Waals surface area contributed by atoms with Crippen LogP contribution in [0.1, 0.15) is 93.5 Å². The first-order chi connectivity index (χ1) is 32.3. The van der Waals surface area contributed by atoms with E-state index in [0.29, 0.717) is 70.6 Å². The monoisotopic (exact) mass is 999 g/mol. The topological polar surface area (TPSA) is 243 Å². The Morgan fingerprint density at radius 1 is 0.884 bits per heavy atom. The van der Waals surface area contributed by atoms with Crippen molar-refractivity contribution in [3.63, 3.8) is 0 Å². The molecule has 0 saturated carbocycles. The lowest BCUT2D eigenvalue weighted by Crippen LogP contribution is -2.50. The van der Waals surface area contributed by atoms with Crippen molar-refractivity contribution >= 4 is 64.8 Å². The summed E-state index contributed by atoms with van der Waals surface area (Å²) in [4.78, 5) is 35.7. The molecule has 1 atom stereocenters. The van der Waals surface area contributed by atoms with E-state index in [1.165, 1.54) is 0 Å². The van der Waals surface area contributed by atoms with E-state index in [1.807, 2.05) is 67.0 Å². The zero-order valence-corrected chi connectivity index (χ0v) is 41.0. The molecule has 0 fully saturated rings. The summed E-state index contributed by atoms with van der Waals surface area (Å²) in [6, 6.07) is 21.9. The highest BCUT2D eigenvalue weighted by atomic mass is 32.2. The zero-order chi connectivity index (χ0) is 49.7. The SMILES string of the molecule is CC1(C)CC(CS(=O)(=O)O)c2cc3c(cc2N1CCCC(=O)NCCC(=O)N1Cc2ccccc2C#Cc2ccccc21)Oc1cc2c(cc1=N3)C(CS(=O)(=O)O)=CC(C)(C)[N+]=2CCCS(=O)(=O)[O-]. The van der Waals surface area contributed by atoms with Gasteiger partial charge in [-0.3, -0.25) is 18.7 Å². The third-order valence-electron chi connectivity index (χ3n) is 12.9. The van der Waals surface area contributed by atoms with Crippen LogP contribution in [0.25, 0.3) is 5.57 Å². The summed E-state index contributed by atoms with van der Waals surface area (Å²) in [5, 5.41) is 3.65. The molecule has 4 aromatic rings. The predicted octanol–water partition coefficient (Wildman–Crippen LogP) is 4.43. The van der Waals surface area contributed by atoms with Gasteiger partial charge in [0.25, 0.3) is 20.2 Å². The average molecular weight is 1000 g/mol. The van der Waals surface area contributed by atoms with Crippen LogP contribution in [0.3, 0.4) is 0 Å². The number of nitrogens with one attached hydrogen (secondary N) is 1. The number of amides is 2. The minimum Gasteiger partial charge on any atom is -0.748 e. The Hall–Kier alpha value is -5.95. The van der Waals surface area contributed by atoms with Crippen LogP contribution in [0, 0.1) is 11.8 Å². The first-order valence-corrected chi connectivity index (χ1v) is 27.3. The van der Waals surface area contributed by atoms with E-state index in [-0.39, 0.29) is 55.5 Å². The maximum Gasteiger partial charge on any atom is 0.269 e. The molecule has 8 rings (SSSR count). The molecule has 20 heteroatoms. The number of para-hydroxylation sites is 1. The quantitative estimate of drug-likeness (QED) is 0.0748. The molecule has 17 nitrogen and oxygen atoms in total. The van der Waals surface area contributed by atoms with Crippen molar-refractivity contribution in [1.82, 2.24) is 9.89 Å². The largest absolute Gasteiger partial charge is 0.748 e. The van der Waals surface area contributed by atoms with Crippen LogP contribution in [-0.2, 0) is 46.5 Å². The highest BCUT2D eigenvalue weighted by molar-refractivity contribution is 7.86.